The fraction of sp³-hybridized carbons (Fsp3) is 0. The van der Waals surface area contributed by atoms with Crippen molar-refractivity contribution in [3.8, 4) is 21.8 Å². The highest BCUT2D eigenvalue weighted by atomic mass is 32.2. The minimum absolute atomic E-state index is 0.190. The maximum Gasteiger partial charge on any atom is 0.267 e. The van der Waals surface area contributed by atoms with Gasteiger partial charge in [-0.25, -0.2) is 22.2 Å². The number of nitrogens with zero attached hydrogens (tertiary/aromatic N) is 1. The molecule has 4 nitrogen and oxygen atoms in total. The first-order valence-electron chi connectivity index (χ1n) is 8.52. The zero-order valence-electron chi connectivity index (χ0n) is 14.8. The van der Waals surface area contributed by atoms with Gasteiger partial charge >= 0.3 is 0 Å². The van der Waals surface area contributed by atoms with Gasteiger partial charge in [0.25, 0.3) is 10.0 Å². The Hall–Kier alpha value is -3.10. The Kier molecular flexibility index (Phi) is 5.12. The zero-order chi connectivity index (χ0) is 20.4. The Morgan fingerprint density at radius 3 is 2.10 bits per heavy atom. The highest BCUT2D eigenvalue weighted by molar-refractivity contribution is 7.92. The number of hydrogen-bond acceptors (Lipinski definition) is 4. The van der Waals surface area contributed by atoms with Gasteiger partial charge in [-0.05, 0) is 24.3 Å². The first-order chi connectivity index (χ1) is 13.9. The van der Waals surface area contributed by atoms with Crippen LogP contribution in [-0.2, 0) is 10.0 Å². The van der Waals surface area contributed by atoms with E-state index in [9.17, 15) is 17.2 Å². The van der Waals surface area contributed by atoms with E-state index in [1.54, 1.807) is 12.1 Å². The molecule has 0 saturated heterocycles. The number of halogens is 2. The SMILES string of the molecule is O=S(=O)(Nc1ccc(-c2csc(-c3ccccc3)n2)cc1)c1c(F)cccc1F. The van der Waals surface area contributed by atoms with Gasteiger partial charge in [-0.1, -0.05) is 48.5 Å². The largest absolute Gasteiger partial charge is 0.279 e. The monoisotopic (exact) mass is 428 g/mol. The summed E-state index contributed by atoms with van der Waals surface area (Å²) < 4.78 is 54.5. The predicted molar refractivity (Wildman–Crippen MR) is 110 cm³/mol. The summed E-state index contributed by atoms with van der Waals surface area (Å²) in [7, 11) is -4.40. The van der Waals surface area contributed by atoms with E-state index in [-0.39, 0.29) is 5.69 Å². The van der Waals surface area contributed by atoms with Crippen molar-refractivity contribution in [3.63, 3.8) is 0 Å². The number of benzene rings is 3. The van der Waals surface area contributed by atoms with Gasteiger partial charge in [-0.3, -0.25) is 4.72 Å². The number of sulfonamides is 1. The average Bonchev–Trinajstić information content (AvgIpc) is 3.19. The van der Waals surface area contributed by atoms with E-state index in [2.05, 4.69) is 9.71 Å². The van der Waals surface area contributed by atoms with Gasteiger partial charge in [0.05, 0.1) is 5.69 Å². The van der Waals surface area contributed by atoms with E-state index in [1.807, 2.05) is 35.7 Å². The van der Waals surface area contributed by atoms with Crippen LogP contribution in [0.15, 0.2) is 83.1 Å². The second kappa shape index (κ2) is 7.73. The molecule has 0 saturated carbocycles. The molecular weight excluding hydrogens is 414 g/mol. The lowest BCUT2D eigenvalue weighted by atomic mass is 10.1. The second-order valence-corrected chi connectivity index (χ2v) is 8.61. The van der Waals surface area contributed by atoms with Crippen LogP contribution in [0, 0.1) is 11.6 Å². The summed E-state index contributed by atoms with van der Waals surface area (Å²) in [6.45, 7) is 0. The molecular formula is C21H14F2N2O2S2. The van der Waals surface area contributed by atoms with Crippen LogP contribution in [-0.4, -0.2) is 13.4 Å². The second-order valence-electron chi connectivity index (χ2n) is 6.14. The highest BCUT2D eigenvalue weighted by Crippen LogP contribution is 2.30. The number of hydrogen-bond donors (Lipinski definition) is 1. The molecule has 0 atom stereocenters. The van der Waals surface area contributed by atoms with Crippen LogP contribution >= 0.6 is 11.3 Å². The molecule has 0 aliphatic heterocycles. The Bertz CT molecular complexity index is 1240. The zero-order valence-corrected chi connectivity index (χ0v) is 16.5. The average molecular weight is 428 g/mol. The smallest absolute Gasteiger partial charge is 0.267 e. The van der Waals surface area contributed by atoms with E-state index >= 15 is 0 Å². The van der Waals surface area contributed by atoms with Crippen LogP contribution in [0.4, 0.5) is 14.5 Å². The summed E-state index contributed by atoms with van der Waals surface area (Å²) in [6, 6.07) is 19.1. The fourth-order valence-corrected chi connectivity index (χ4v) is 4.81. The van der Waals surface area contributed by atoms with Crippen LogP contribution < -0.4 is 4.72 Å². The third kappa shape index (κ3) is 4.03. The Morgan fingerprint density at radius 1 is 0.793 bits per heavy atom. The van der Waals surface area contributed by atoms with Crippen molar-refractivity contribution in [2.24, 2.45) is 0 Å². The van der Waals surface area contributed by atoms with Crippen molar-refractivity contribution < 1.29 is 17.2 Å². The Morgan fingerprint density at radius 2 is 1.45 bits per heavy atom. The number of aromatic nitrogens is 1. The molecule has 4 aromatic rings. The summed E-state index contributed by atoms with van der Waals surface area (Å²) in [4.78, 5) is 3.60. The molecule has 4 rings (SSSR count). The molecule has 1 N–H and O–H groups in total. The molecule has 0 unspecified atom stereocenters. The lowest BCUT2D eigenvalue weighted by Gasteiger charge is -2.10. The van der Waals surface area contributed by atoms with Gasteiger partial charge < -0.3 is 0 Å². The number of rotatable bonds is 5. The normalized spacial score (nSPS) is 11.4. The van der Waals surface area contributed by atoms with Crippen molar-refractivity contribution in [2.75, 3.05) is 4.72 Å². The summed E-state index contributed by atoms with van der Waals surface area (Å²) in [5, 5.41) is 2.79. The minimum atomic E-state index is -4.40. The molecule has 1 aromatic heterocycles. The molecule has 29 heavy (non-hydrogen) atoms. The molecule has 0 amide bonds. The molecule has 0 aliphatic carbocycles. The molecule has 146 valence electrons. The standard InChI is InChI=1S/C21H14F2N2O2S2/c22-17-7-4-8-18(23)20(17)29(26,27)25-16-11-9-14(10-12-16)19-13-28-21(24-19)15-5-2-1-3-6-15/h1-13,25H. The molecule has 0 fully saturated rings. The highest BCUT2D eigenvalue weighted by Gasteiger charge is 2.23. The molecule has 0 bridgehead atoms. The van der Waals surface area contributed by atoms with Crippen LogP contribution in [0.5, 0.6) is 0 Å². The van der Waals surface area contributed by atoms with E-state index in [4.69, 9.17) is 0 Å². The molecule has 1 heterocycles. The van der Waals surface area contributed by atoms with Crippen molar-refractivity contribution in [3.05, 3.63) is 89.8 Å². The lowest BCUT2D eigenvalue weighted by molar-refractivity contribution is 0.521. The van der Waals surface area contributed by atoms with Crippen LogP contribution in [0.2, 0.25) is 0 Å². The summed E-state index contributed by atoms with van der Waals surface area (Å²) >= 11 is 1.51. The van der Waals surface area contributed by atoms with Crippen molar-refractivity contribution in [1.29, 1.82) is 0 Å². The summed E-state index contributed by atoms with van der Waals surface area (Å²) in [5.41, 5.74) is 2.75. The third-order valence-corrected chi connectivity index (χ3v) is 6.47. The number of thiazole rings is 1. The molecule has 0 spiro atoms. The molecule has 0 radical (unpaired) electrons. The quantitative estimate of drug-likeness (QED) is 0.453. The van der Waals surface area contributed by atoms with Crippen LogP contribution in [0.25, 0.3) is 21.8 Å². The fourth-order valence-electron chi connectivity index (χ4n) is 2.77. The van der Waals surface area contributed by atoms with Gasteiger partial charge in [0, 0.05) is 22.2 Å². The van der Waals surface area contributed by atoms with Crippen molar-refractivity contribution in [2.45, 2.75) is 4.90 Å². The van der Waals surface area contributed by atoms with Gasteiger partial charge in [0.2, 0.25) is 0 Å². The Labute approximate surface area is 170 Å². The maximum absolute atomic E-state index is 13.8. The third-order valence-electron chi connectivity index (χ3n) is 4.15. The van der Waals surface area contributed by atoms with Gasteiger partial charge in [-0.2, -0.15) is 0 Å². The predicted octanol–water partition coefficient (Wildman–Crippen LogP) is 5.56. The number of anilines is 1. The van der Waals surface area contributed by atoms with E-state index in [0.717, 1.165) is 40.0 Å². The van der Waals surface area contributed by atoms with Crippen LogP contribution in [0.1, 0.15) is 0 Å². The first kappa shape index (κ1) is 19.2. The summed E-state index contributed by atoms with van der Waals surface area (Å²) in [6.07, 6.45) is 0. The first-order valence-corrected chi connectivity index (χ1v) is 10.9. The van der Waals surface area contributed by atoms with E-state index in [0.29, 0.717) is 0 Å². The number of nitrogens with one attached hydrogen (secondary N) is 1. The summed E-state index contributed by atoms with van der Waals surface area (Å²) in [5.74, 6) is -2.30. The van der Waals surface area contributed by atoms with Crippen molar-refractivity contribution >= 4 is 27.0 Å². The molecule has 3 aromatic carbocycles. The van der Waals surface area contributed by atoms with E-state index in [1.165, 1.54) is 23.5 Å². The van der Waals surface area contributed by atoms with Gasteiger partial charge in [0.1, 0.15) is 16.6 Å². The molecule has 8 heteroatoms. The Balaban J connectivity index is 1.57. The van der Waals surface area contributed by atoms with E-state index < -0.39 is 26.6 Å². The van der Waals surface area contributed by atoms with Crippen LogP contribution in [0.3, 0.4) is 0 Å². The van der Waals surface area contributed by atoms with Gasteiger partial charge in [0.15, 0.2) is 4.90 Å². The topological polar surface area (TPSA) is 59.1 Å². The van der Waals surface area contributed by atoms with Crippen molar-refractivity contribution in [1.82, 2.24) is 4.98 Å². The molecule has 0 aliphatic rings. The minimum Gasteiger partial charge on any atom is -0.279 e. The lowest BCUT2D eigenvalue weighted by Crippen LogP contribution is -2.16. The maximum atomic E-state index is 13.8. The van der Waals surface area contributed by atoms with Gasteiger partial charge in [-0.15, -0.1) is 11.3 Å².